The van der Waals surface area contributed by atoms with Gasteiger partial charge >= 0.3 is 0 Å². The monoisotopic (exact) mass is 388 g/mol. The third-order valence-electron chi connectivity index (χ3n) is 4.44. The number of anilines is 1. The quantitative estimate of drug-likeness (QED) is 0.608. The van der Waals surface area contributed by atoms with E-state index in [0.29, 0.717) is 36.1 Å². The fraction of sp³-hybridized carbons (Fsp3) is 0.316. The van der Waals surface area contributed by atoms with E-state index in [-0.39, 0.29) is 0 Å². The molecule has 2 heterocycles. The number of aromatic nitrogens is 1. The Hall–Kier alpha value is -2.58. The highest BCUT2D eigenvalue weighted by molar-refractivity contribution is 8.00. The largest absolute Gasteiger partial charge is 0.495 e. The zero-order valence-corrected chi connectivity index (χ0v) is 16.1. The van der Waals surface area contributed by atoms with Gasteiger partial charge in [-0.25, -0.2) is 0 Å². The van der Waals surface area contributed by atoms with Crippen molar-refractivity contribution in [3.8, 4) is 17.2 Å². The van der Waals surface area contributed by atoms with Crippen molar-refractivity contribution in [1.29, 1.82) is 0 Å². The van der Waals surface area contributed by atoms with Gasteiger partial charge in [0.2, 0.25) is 0 Å². The third kappa shape index (κ3) is 3.15. The Morgan fingerprint density at radius 3 is 2.67 bits per heavy atom. The third-order valence-corrected chi connectivity index (χ3v) is 5.35. The molecular weight excluding hydrogens is 368 g/mol. The van der Waals surface area contributed by atoms with Gasteiger partial charge in [-0.15, -0.1) is 0 Å². The molecule has 0 spiro atoms. The summed E-state index contributed by atoms with van der Waals surface area (Å²) in [6, 6.07) is 7.61. The van der Waals surface area contributed by atoms with Gasteiger partial charge < -0.3 is 28.2 Å². The average Bonchev–Trinajstić information content (AvgIpc) is 3.33. The number of fused-ring (bicyclic) bond motifs is 3. The second kappa shape index (κ2) is 7.58. The number of hydrogen-bond donors (Lipinski definition) is 1. The summed E-state index contributed by atoms with van der Waals surface area (Å²) in [4.78, 5) is 0.826. The first-order valence-electron chi connectivity index (χ1n) is 8.46. The molecule has 0 saturated carbocycles. The first-order chi connectivity index (χ1) is 13.3. The maximum Gasteiger partial charge on any atom is 0.191 e. The smallest absolute Gasteiger partial charge is 0.191 e. The van der Waals surface area contributed by atoms with E-state index in [1.807, 2.05) is 24.3 Å². The van der Waals surface area contributed by atoms with Crippen LogP contribution in [0, 0.1) is 0 Å². The molecule has 0 fully saturated rings. The number of nitrogens with one attached hydrogen (secondary N) is 1. The van der Waals surface area contributed by atoms with Crippen molar-refractivity contribution in [3.05, 3.63) is 35.4 Å². The number of methoxy groups -OCH3 is 3. The highest BCUT2D eigenvalue weighted by Gasteiger charge is 2.25. The molecule has 0 bridgehead atoms. The molecule has 1 N–H and O–H groups in total. The van der Waals surface area contributed by atoms with Crippen LogP contribution in [-0.4, -0.2) is 33.1 Å². The van der Waals surface area contributed by atoms with Crippen molar-refractivity contribution in [2.75, 3.05) is 32.7 Å². The first kappa shape index (κ1) is 17.8. The minimum atomic E-state index is 0.512. The molecule has 2 aromatic carbocycles. The minimum Gasteiger partial charge on any atom is -0.495 e. The van der Waals surface area contributed by atoms with Crippen LogP contribution in [0.2, 0.25) is 0 Å². The summed E-state index contributed by atoms with van der Waals surface area (Å²) < 4.78 is 30.9. The van der Waals surface area contributed by atoms with Crippen molar-refractivity contribution in [2.45, 2.75) is 17.9 Å². The van der Waals surface area contributed by atoms with Gasteiger partial charge in [0.1, 0.15) is 27.5 Å². The Kier molecular flexibility index (Phi) is 5.00. The average molecular weight is 388 g/mol. The van der Waals surface area contributed by atoms with Gasteiger partial charge in [0.15, 0.2) is 11.4 Å². The van der Waals surface area contributed by atoms with Crippen molar-refractivity contribution in [2.24, 2.45) is 0 Å². The van der Waals surface area contributed by atoms with E-state index in [0.717, 1.165) is 33.6 Å². The van der Waals surface area contributed by atoms with Gasteiger partial charge in [-0.05, 0) is 35.7 Å². The van der Waals surface area contributed by atoms with Gasteiger partial charge in [-0.3, -0.25) is 0 Å². The lowest BCUT2D eigenvalue weighted by atomic mass is 10.0. The summed E-state index contributed by atoms with van der Waals surface area (Å²) >= 11 is 1.35. The SMILES string of the molecule is COCc1cc2onc(NSc3c(OC)cccc3OC)c2c2c1CCO2. The van der Waals surface area contributed by atoms with E-state index < -0.39 is 0 Å². The molecule has 7 nitrogen and oxygen atoms in total. The summed E-state index contributed by atoms with van der Waals surface area (Å²) in [5.41, 5.74) is 2.88. The normalized spacial score (nSPS) is 12.7. The fourth-order valence-electron chi connectivity index (χ4n) is 3.22. The van der Waals surface area contributed by atoms with Gasteiger partial charge in [-0.2, -0.15) is 0 Å². The topological polar surface area (TPSA) is 75.0 Å². The van der Waals surface area contributed by atoms with E-state index in [4.69, 9.17) is 23.5 Å². The minimum absolute atomic E-state index is 0.512. The lowest BCUT2D eigenvalue weighted by Crippen LogP contribution is -1.96. The lowest BCUT2D eigenvalue weighted by Gasteiger charge is -2.12. The molecule has 0 atom stereocenters. The Morgan fingerprint density at radius 2 is 1.96 bits per heavy atom. The Labute approximate surface area is 161 Å². The van der Waals surface area contributed by atoms with Crippen molar-refractivity contribution in [1.82, 2.24) is 5.16 Å². The zero-order valence-electron chi connectivity index (χ0n) is 15.3. The maximum atomic E-state index is 5.89. The van der Waals surface area contributed by atoms with Crippen LogP contribution in [0.25, 0.3) is 11.0 Å². The fourth-order valence-corrected chi connectivity index (χ4v) is 4.06. The molecule has 1 aromatic heterocycles. The number of nitrogens with zero attached hydrogens (tertiary/aromatic N) is 1. The number of hydrogen-bond acceptors (Lipinski definition) is 8. The van der Waals surface area contributed by atoms with Crippen LogP contribution in [0.1, 0.15) is 11.1 Å². The summed E-state index contributed by atoms with van der Waals surface area (Å²) in [6.45, 7) is 1.15. The van der Waals surface area contributed by atoms with Crippen molar-refractivity contribution in [3.63, 3.8) is 0 Å². The van der Waals surface area contributed by atoms with Gasteiger partial charge in [0.05, 0.1) is 27.4 Å². The molecule has 4 rings (SSSR count). The Balaban J connectivity index is 1.70. The summed E-state index contributed by atoms with van der Waals surface area (Å²) in [5.74, 6) is 2.84. The standard InChI is InChI=1S/C19H20N2O5S/c1-22-10-11-9-15-16(17-12(11)7-8-25-17)19(20-26-15)21-27-18-13(23-2)5-4-6-14(18)24-3/h4-6,9H,7-8,10H2,1-3H3,(H,20,21). The van der Waals surface area contributed by atoms with Crippen molar-refractivity contribution < 1.29 is 23.5 Å². The molecule has 3 aromatic rings. The van der Waals surface area contributed by atoms with Crippen LogP contribution in [0.3, 0.4) is 0 Å². The molecule has 1 aliphatic heterocycles. The van der Waals surface area contributed by atoms with E-state index in [1.54, 1.807) is 21.3 Å². The molecule has 0 amide bonds. The first-order valence-corrected chi connectivity index (χ1v) is 9.28. The van der Waals surface area contributed by atoms with Crippen molar-refractivity contribution >= 4 is 28.7 Å². The van der Waals surface area contributed by atoms with Crippen LogP contribution in [0.15, 0.2) is 33.7 Å². The molecule has 8 heteroatoms. The molecule has 1 aliphatic rings. The zero-order chi connectivity index (χ0) is 18.8. The Morgan fingerprint density at radius 1 is 1.19 bits per heavy atom. The van der Waals surface area contributed by atoms with E-state index >= 15 is 0 Å². The maximum absolute atomic E-state index is 5.89. The van der Waals surface area contributed by atoms with E-state index in [9.17, 15) is 0 Å². The highest BCUT2D eigenvalue weighted by atomic mass is 32.2. The van der Waals surface area contributed by atoms with Crippen LogP contribution in [-0.2, 0) is 17.8 Å². The summed E-state index contributed by atoms with van der Waals surface area (Å²) in [6.07, 6.45) is 0.849. The number of rotatable bonds is 7. The molecular formula is C19H20N2O5S. The predicted molar refractivity (Wildman–Crippen MR) is 103 cm³/mol. The Bertz CT molecular complexity index is 950. The molecule has 142 valence electrons. The van der Waals surface area contributed by atoms with E-state index in [1.165, 1.54) is 11.9 Å². The van der Waals surface area contributed by atoms with Gasteiger partial charge in [0, 0.05) is 19.1 Å². The van der Waals surface area contributed by atoms with Crippen LogP contribution >= 0.6 is 11.9 Å². The lowest BCUT2D eigenvalue weighted by molar-refractivity contribution is 0.184. The molecule has 0 unspecified atom stereocenters. The van der Waals surface area contributed by atoms with Crippen LogP contribution in [0.4, 0.5) is 5.82 Å². The second-order valence-electron chi connectivity index (χ2n) is 5.97. The number of benzene rings is 2. The molecule has 27 heavy (non-hydrogen) atoms. The van der Waals surface area contributed by atoms with Gasteiger partial charge in [0.25, 0.3) is 0 Å². The highest BCUT2D eigenvalue weighted by Crippen LogP contribution is 2.43. The summed E-state index contributed by atoms with van der Waals surface area (Å²) in [7, 11) is 4.93. The van der Waals surface area contributed by atoms with Gasteiger partial charge in [-0.1, -0.05) is 11.2 Å². The summed E-state index contributed by atoms with van der Waals surface area (Å²) in [5, 5.41) is 5.03. The van der Waals surface area contributed by atoms with E-state index in [2.05, 4.69) is 9.88 Å². The molecule has 0 radical (unpaired) electrons. The predicted octanol–water partition coefficient (Wildman–Crippen LogP) is 4.05. The van der Waals surface area contributed by atoms with Crippen LogP contribution in [0.5, 0.6) is 17.2 Å². The number of ether oxygens (including phenoxy) is 4. The molecule has 0 aliphatic carbocycles. The van der Waals surface area contributed by atoms with Crippen LogP contribution < -0.4 is 18.9 Å². The second-order valence-corrected chi connectivity index (χ2v) is 6.79. The molecule has 0 saturated heterocycles.